The molecule has 1 N–H and O–H groups in total. The van der Waals surface area contributed by atoms with E-state index in [4.69, 9.17) is 9.47 Å². The first-order valence-electron chi connectivity index (χ1n) is 8.71. The van der Waals surface area contributed by atoms with Crippen LogP contribution in [0.2, 0.25) is 0 Å². The number of thiophene rings is 1. The zero-order valence-corrected chi connectivity index (χ0v) is 16.9. The van der Waals surface area contributed by atoms with Crippen molar-refractivity contribution in [1.29, 1.82) is 0 Å². The summed E-state index contributed by atoms with van der Waals surface area (Å²) < 4.78 is 14.5. The van der Waals surface area contributed by atoms with Crippen LogP contribution in [0.1, 0.15) is 5.56 Å². The number of nitrogens with one attached hydrogen (secondary N) is 1. The molecular formula is C18H15N5O4S2. The molecule has 0 radical (unpaired) electrons. The maximum Gasteiger partial charge on any atom is 0.272 e. The average Bonchev–Trinajstić information content (AvgIpc) is 3.47. The van der Waals surface area contributed by atoms with Gasteiger partial charge in [0.1, 0.15) is 4.70 Å². The van der Waals surface area contributed by atoms with Crippen LogP contribution in [0.5, 0.6) is 11.5 Å². The van der Waals surface area contributed by atoms with Crippen molar-refractivity contribution in [3.05, 3.63) is 45.6 Å². The Labute approximate surface area is 172 Å². The molecule has 0 unspecified atom stereocenters. The van der Waals surface area contributed by atoms with Crippen LogP contribution in [0.3, 0.4) is 0 Å². The van der Waals surface area contributed by atoms with E-state index in [1.54, 1.807) is 7.05 Å². The van der Waals surface area contributed by atoms with Crippen molar-refractivity contribution in [3.8, 4) is 11.5 Å². The highest BCUT2D eigenvalue weighted by Gasteiger charge is 2.17. The van der Waals surface area contributed by atoms with Crippen molar-refractivity contribution >= 4 is 45.0 Å². The van der Waals surface area contributed by atoms with E-state index in [9.17, 15) is 9.59 Å². The van der Waals surface area contributed by atoms with Gasteiger partial charge in [0.2, 0.25) is 18.5 Å². The number of rotatable bonds is 5. The molecule has 1 aliphatic heterocycles. The van der Waals surface area contributed by atoms with Crippen LogP contribution >= 0.6 is 23.1 Å². The van der Waals surface area contributed by atoms with Crippen LogP contribution < -0.4 is 20.3 Å². The fraction of sp³-hybridized carbons (Fsp3) is 0.222. The molecule has 0 aliphatic carbocycles. The van der Waals surface area contributed by atoms with E-state index in [0.717, 1.165) is 11.1 Å². The molecule has 1 amide bonds. The van der Waals surface area contributed by atoms with E-state index in [1.165, 1.54) is 27.7 Å². The predicted molar refractivity (Wildman–Crippen MR) is 109 cm³/mol. The van der Waals surface area contributed by atoms with E-state index in [-0.39, 0.29) is 24.0 Å². The third-order valence-corrected chi connectivity index (χ3v) is 6.38. The summed E-state index contributed by atoms with van der Waals surface area (Å²) in [6.07, 6.45) is 0. The molecule has 148 valence electrons. The minimum Gasteiger partial charge on any atom is -0.454 e. The minimum absolute atomic E-state index is 0.104. The van der Waals surface area contributed by atoms with Crippen molar-refractivity contribution in [2.24, 2.45) is 7.05 Å². The van der Waals surface area contributed by atoms with Gasteiger partial charge in [-0.2, -0.15) is 0 Å². The Kier molecular flexibility index (Phi) is 4.40. The summed E-state index contributed by atoms with van der Waals surface area (Å²) in [7, 11) is 1.66. The third-order valence-electron chi connectivity index (χ3n) is 4.56. The van der Waals surface area contributed by atoms with Gasteiger partial charge in [-0.05, 0) is 29.1 Å². The Morgan fingerprint density at radius 2 is 2.14 bits per heavy atom. The number of hydrogen-bond acceptors (Lipinski definition) is 8. The number of amides is 1. The number of fused-ring (bicyclic) bond motifs is 4. The van der Waals surface area contributed by atoms with Crippen molar-refractivity contribution in [1.82, 2.24) is 24.5 Å². The monoisotopic (exact) mass is 429 g/mol. The second-order valence-electron chi connectivity index (χ2n) is 6.37. The number of aromatic nitrogens is 4. The Hall–Kier alpha value is -3.05. The van der Waals surface area contributed by atoms with Crippen molar-refractivity contribution < 1.29 is 14.3 Å². The van der Waals surface area contributed by atoms with Crippen molar-refractivity contribution in [3.63, 3.8) is 0 Å². The molecule has 5 rings (SSSR count). The molecule has 0 bridgehead atoms. The van der Waals surface area contributed by atoms with Gasteiger partial charge in [0.25, 0.3) is 5.56 Å². The van der Waals surface area contributed by atoms with Crippen molar-refractivity contribution in [2.75, 3.05) is 12.5 Å². The van der Waals surface area contributed by atoms with Crippen LogP contribution in [0.25, 0.3) is 16.0 Å². The average molecular weight is 429 g/mol. The van der Waals surface area contributed by atoms with Gasteiger partial charge in [0.15, 0.2) is 16.7 Å². The Morgan fingerprint density at radius 1 is 1.28 bits per heavy atom. The number of nitrogens with zero attached hydrogens (tertiary/aromatic N) is 4. The summed E-state index contributed by atoms with van der Waals surface area (Å²) in [6, 6.07) is 7.44. The second kappa shape index (κ2) is 7.08. The maximum absolute atomic E-state index is 12.4. The van der Waals surface area contributed by atoms with E-state index >= 15 is 0 Å². The van der Waals surface area contributed by atoms with Gasteiger partial charge in [-0.3, -0.25) is 18.6 Å². The first kappa shape index (κ1) is 18.0. The second-order valence-corrected chi connectivity index (χ2v) is 8.23. The topological polar surface area (TPSA) is 99.8 Å². The highest BCUT2D eigenvalue weighted by Crippen LogP contribution is 2.32. The molecule has 11 heteroatoms. The number of carbonyl (C=O) groups is 1. The van der Waals surface area contributed by atoms with E-state index < -0.39 is 0 Å². The molecule has 0 atom stereocenters. The Balaban J connectivity index is 1.29. The highest BCUT2D eigenvalue weighted by molar-refractivity contribution is 7.99. The molecule has 3 aromatic heterocycles. The summed E-state index contributed by atoms with van der Waals surface area (Å²) in [6.45, 7) is 0.608. The molecule has 1 aromatic carbocycles. The summed E-state index contributed by atoms with van der Waals surface area (Å²) in [5.74, 6) is 1.90. The molecule has 1 aliphatic rings. The lowest BCUT2D eigenvalue weighted by Crippen LogP contribution is -2.24. The normalized spacial score (nSPS) is 12.7. The predicted octanol–water partition coefficient (Wildman–Crippen LogP) is 1.78. The van der Waals surface area contributed by atoms with Crippen LogP contribution in [0.4, 0.5) is 0 Å². The summed E-state index contributed by atoms with van der Waals surface area (Å²) in [5.41, 5.74) is 1.57. The molecular weight excluding hydrogens is 414 g/mol. The molecule has 9 nitrogen and oxygen atoms in total. The summed E-state index contributed by atoms with van der Waals surface area (Å²) >= 11 is 2.65. The smallest absolute Gasteiger partial charge is 0.272 e. The molecule has 29 heavy (non-hydrogen) atoms. The van der Waals surface area contributed by atoms with Crippen molar-refractivity contribution in [2.45, 2.75) is 11.7 Å². The SMILES string of the molecule is Cn1c(=O)c2sccc2n2c(SCC(=O)NCc3ccc4c(c3)OCO4)nnc12. The zero-order chi connectivity index (χ0) is 20.0. The van der Waals surface area contributed by atoms with Gasteiger partial charge in [-0.1, -0.05) is 17.8 Å². The lowest BCUT2D eigenvalue weighted by molar-refractivity contribution is -0.118. The summed E-state index contributed by atoms with van der Waals surface area (Å²) in [5, 5.41) is 13.6. The molecule has 0 saturated carbocycles. The van der Waals surface area contributed by atoms with Crippen LogP contribution in [-0.4, -0.2) is 37.6 Å². The number of hydrogen-bond donors (Lipinski definition) is 1. The number of ether oxygens (including phenoxy) is 2. The number of carbonyl (C=O) groups excluding carboxylic acids is 1. The third kappa shape index (κ3) is 3.12. The van der Waals surface area contributed by atoms with Crippen LogP contribution in [-0.2, 0) is 18.4 Å². The zero-order valence-electron chi connectivity index (χ0n) is 15.2. The standard InChI is InChI=1S/C18H15N5O4S2/c1-22-16(25)15-11(4-5-28-15)23-17(22)20-21-18(23)29-8-14(24)19-7-10-2-3-12-13(6-10)27-9-26-12/h2-6H,7-9H2,1H3,(H,19,24). The van der Waals surface area contributed by atoms with Crippen LogP contribution in [0, 0.1) is 0 Å². The number of aryl methyl sites for hydroxylation is 1. The first-order chi connectivity index (χ1) is 14.1. The molecule has 0 saturated heterocycles. The number of thioether (sulfide) groups is 1. The Morgan fingerprint density at radius 3 is 3.03 bits per heavy atom. The summed E-state index contributed by atoms with van der Waals surface area (Å²) in [4.78, 5) is 24.7. The quantitative estimate of drug-likeness (QED) is 0.483. The van der Waals surface area contributed by atoms with E-state index in [0.29, 0.717) is 33.7 Å². The Bertz CT molecular complexity index is 1310. The van der Waals surface area contributed by atoms with Gasteiger partial charge >= 0.3 is 0 Å². The molecule has 4 heterocycles. The van der Waals surface area contributed by atoms with Gasteiger partial charge in [-0.15, -0.1) is 21.5 Å². The largest absolute Gasteiger partial charge is 0.454 e. The van der Waals surface area contributed by atoms with Crippen LogP contribution in [0.15, 0.2) is 39.6 Å². The first-order valence-corrected chi connectivity index (χ1v) is 10.6. The maximum atomic E-state index is 12.4. The molecule has 4 aromatic rings. The van der Waals surface area contributed by atoms with E-state index in [2.05, 4.69) is 15.5 Å². The van der Waals surface area contributed by atoms with Gasteiger partial charge < -0.3 is 14.8 Å². The fourth-order valence-electron chi connectivity index (χ4n) is 3.10. The lowest BCUT2D eigenvalue weighted by Gasteiger charge is -2.07. The lowest BCUT2D eigenvalue weighted by atomic mass is 10.2. The minimum atomic E-state index is -0.129. The molecule has 0 fully saturated rings. The van der Waals surface area contributed by atoms with Gasteiger partial charge in [0, 0.05) is 13.6 Å². The van der Waals surface area contributed by atoms with E-state index in [1.807, 2.05) is 34.0 Å². The fourth-order valence-corrected chi connectivity index (χ4v) is 4.72. The van der Waals surface area contributed by atoms with Gasteiger partial charge in [-0.25, -0.2) is 0 Å². The molecule has 0 spiro atoms. The highest BCUT2D eigenvalue weighted by atomic mass is 32.2. The van der Waals surface area contributed by atoms with Gasteiger partial charge in [0.05, 0.1) is 11.3 Å². The number of benzene rings is 1.